The van der Waals surface area contributed by atoms with Crippen molar-refractivity contribution in [1.29, 1.82) is 0 Å². The Labute approximate surface area is 114 Å². The normalized spacial score (nSPS) is 19.1. The monoisotopic (exact) mass is 310 g/mol. The molecule has 1 heterocycles. The van der Waals surface area contributed by atoms with E-state index in [4.69, 9.17) is 0 Å². The Hall–Kier alpha value is -1.36. The lowest BCUT2D eigenvalue weighted by Crippen LogP contribution is -2.28. The highest BCUT2D eigenvalue weighted by atomic mass is 79.9. The first-order chi connectivity index (χ1) is 8.61. The third-order valence-corrected chi connectivity index (χ3v) is 3.79. The number of halogens is 1. The van der Waals surface area contributed by atoms with Crippen LogP contribution in [0.2, 0.25) is 0 Å². The third kappa shape index (κ3) is 2.72. The number of carbonyl (C=O) groups excluding carboxylic acids is 2. The van der Waals surface area contributed by atoms with Crippen LogP contribution in [0, 0.1) is 5.92 Å². The maximum absolute atomic E-state index is 12.1. The fourth-order valence-corrected chi connectivity index (χ4v) is 2.43. The third-order valence-electron chi connectivity index (χ3n) is 3.10. The van der Waals surface area contributed by atoms with Gasteiger partial charge in [-0.2, -0.15) is 0 Å². The molecular formula is C13H15BrN2O2. The van der Waals surface area contributed by atoms with Crippen LogP contribution in [-0.4, -0.2) is 29.8 Å². The molecule has 1 saturated heterocycles. The number of benzene rings is 1. The summed E-state index contributed by atoms with van der Waals surface area (Å²) in [6, 6.07) is 7.44. The molecule has 1 aromatic carbocycles. The molecule has 2 rings (SSSR count). The molecule has 96 valence electrons. The number of anilines is 1. The van der Waals surface area contributed by atoms with Gasteiger partial charge < -0.3 is 10.2 Å². The predicted octanol–water partition coefficient (Wildman–Crippen LogP) is 2.26. The summed E-state index contributed by atoms with van der Waals surface area (Å²) in [7, 11) is 0. The van der Waals surface area contributed by atoms with Gasteiger partial charge in [-0.05, 0) is 35.0 Å². The van der Waals surface area contributed by atoms with Crippen molar-refractivity contribution in [3.63, 3.8) is 0 Å². The zero-order valence-electron chi connectivity index (χ0n) is 10.1. The molecule has 0 aliphatic carbocycles. The van der Waals surface area contributed by atoms with Crippen LogP contribution < -0.4 is 5.32 Å². The van der Waals surface area contributed by atoms with Crippen LogP contribution in [0.3, 0.4) is 0 Å². The maximum atomic E-state index is 12.1. The van der Waals surface area contributed by atoms with Crippen molar-refractivity contribution >= 4 is 33.4 Å². The zero-order chi connectivity index (χ0) is 13.1. The molecule has 1 N–H and O–H groups in total. The molecule has 1 aromatic rings. The van der Waals surface area contributed by atoms with Crippen LogP contribution in [0.15, 0.2) is 28.7 Å². The van der Waals surface area contributed by atoms with Gasteiger partial charge in [0.25, 0.3) is 0 Å². The van der Waals surface area contributed by atoms with Crippen molar-refractivity contribution in [2.24, 2.45) is 5.92 Å². The quantitative estimate of drug-likeness (QED) is 0.931. The van der Waals surface area contributed by atoms with E-state index in [9.17, 15) is 9.59 Å². The number of para-hydroxylation sites is 1. The van der Waals surface area contributed by atoms with Crippen molar-refractivity contribution in [1.82, 2.24) is 4.90 Å². The van der Waals surface area contributed by atoms with Gasteiger partial charge in [0.1, 0.15) is 0 Å². The summed E-state index contributed by atoms with van der Waals surface area (Å²) in [5.41, 5.74) is 0.741. The highest BCUT2D eigenvalue weighted by molar-refractivity contribution is 9.10. The molecule has 4 nitrogen and oxygen atoms in total. The van der Waals surface area contributed by atoms with Gasteiger partial charge in [0.15, 0.2) is 0 Å². The largest absolute Gasteiger partial charge is 0.342 e. The van der Waals surface area contributed by atoms with Crippen molar-refractivity contribution in [2.75, 3.05) is 18.4 Å². The van der Waals surface area contributed by atoms with E-state index in [0.717, 1.165) is 10.2 Å². The maximum Gasteiger partial charge on any atom is 0.229 e. The molecule has 0 radical (unpaired) electrons. The fourth-order valence-electron chi connectivity index (χ4n) is 2.05. The summed E-state index contributed by atoms with van der Waals surface area (Å²) in [6.07, 6.45) is 0.310. The lowest BCUT2D eigenvalue weighted by molar-refractivity contribution is -0.128. The molecule has 5 heteroatoms. The molecule has 0 bridgehead atoms. The molecule has 1 aliphatic rings. The van der Waals surface area contributed by atoms with Gasteiger partial charge >= 0.3 is 0 Å². The smallest absolute Gasteiger partial charge is 0.229 e. The molecule has 0 spiro atoms. The Morgan fingerprint density at radius 3 is 2.83 bits per heavy atom. The standard InChI is InChI=1S/C13H15BrN2O2/c1-2-16-8-9(7-12(16)17)13(18)15-11-6-4-3-5-10(11)14/h3-6,9H,2,7-8H2,1H3,(H,15,18). The van der Waals surface area contributed by atoms with Crippen LogP contribution in [0.25, 0.3) is 0 Å². The SMILES string of the molecule is CCN1CC(C(=O)Nc2ccccc2Br)CC1=O. The number of hydrogen-bond donors (Lipinski definition) is 1. The van der Waals surface area contributed by atoms with Crippen LogP contribution in [-0.2, 0) is 9.59 Å². The average Bonchev–Trinajstić information content (AvgIpc) is 2.73. The van der Waals surface area contributed by atoms with Gasteiger partial charge in [0.2, 0.25) is 11.8 Å². The summed E-state index contributed by atoms with van der Waals surface area (Å²) in [5, 5.41) is 2.85. The molecular weight excluding hydrogens is 296 g/mol. The molecule has 0 aromatic heterocycles. The molecule has 1 fully saturated rings. The Bertz CT molecular complexity index is 476. The minimum absolute atomic E-state index is 0.0600. The van der Waals surface area contributed by atoms with Crippen LogP contribution in [0.1, 0.15) is 13.3 Å². The number of likely N-dealkylation sites (tertiary alicyclic amines) is 1. The Morgan fingerprint density at radius 1 is 1.50 bits per heavy atom. The minimum atomic E-state index is -0.246. The number of carbonyl (C=O) groups is 2. The van der Waals surface area contributed by atoms with E-state index < -0.39 is 0 Å². The number of nitrogens with zero attached hydrogens (tertiary/aromatic N) is 1. The number of amides is 2. The average molecular weight is 311 g/mol. The van der Waals surface area contributed by atoms with Crippen molar-refractivity contribution in [3.05, 3.63) is 28.7 Å². The molecule has 1 aliphatic heterocycles. The Kier molecular flexibility index (Phi) is 4.01. The molecule has 2 amide bonds. The van der Waals surface area contributed by atoms with Crippen molar-refractivity contribution in [3.8, 4) is 0 Å². The lowest BCUT2D eigenvalue weighted by Gasteiger charge is -2.14. The van der Waals surface area contributed by atoms with E-state index in [0.29, 0.717) is 19.5 Å². The Morgan fingerprint density at radius 2 is 2.22 bits per heavy atom. The number of hydrogen-bond acceptors (Lipinski definition) is 2. The number of nitrogens with one attached hydrogen (secondary N) is 1. The van der Waals surface area contributed by atoms with Crippen LogP contribution in [0.5, 0.6) is 0 Å². The summed E-state index contributed by atoms with van der Waals surface area (Å²) < 4.78 is 0.843. The Balaban J connectivity index is 2.02. The van der Waals surface area contributed by atoms with E-state index in [1.807, 2.05) is 31.2 Å². The summed E-state index contributed by atoms with van der Waals surface area (Å²) >= 11 is 3.38. The predicted molar refractivity (Wildman–Crippen MR) is 73.1 cm³/mol. The van der Waals surface area contributed by atoms with Gasteiger partial charge in [0, 0.05) is 24.0 Å². The van der Waals surface area contributed by atoms with E-state index in [2.05, 4.69) is 21.2 Å². The molecule has 0 saturated carbocycles. The molecule has 18 heavy (non-hydrogen) atoms. The van der Waals surface area contributed by atoms with Gasteiger partial charge in [-0.3, -0.25) is 9.59 Å². The zero-order valence-corrected chi connectivity index (χ0v) is 11.7. The molecule has 1 atom stereocenters. The summed E-state index contributed by atoms with van der Waals surface area (Å²) in [4.78, 5) is 25.4. The van der Waals surface area contributed by atoms with Crippen molar-refractivity contribution < 1.29 is 9.59 Å². The summed E-state index contributed by atoms with van der Waals surface area (Å²) in [6.45, 7) is 3.11. The van der Waals surface area contributed by atoms with E-state index in [1.165, 1.54) is 0 Å². The van der Waals surface area contributed by atoms with E-state index in [-0.39, 0.29) is 17.7 Å². The number of rotatable bonds is 3. The van der Waals surface area contributed by atoms with Gasteiger partial charge in [-0.25, -0.2) is 0 Å². The lowest BCUT2D eigenvalue weighted by atomic mass is 10.1. The van der Waals surface area contributed by atoms with E-state index in [1.54, 1.807) is 4.90 Å². The first-order valence-electron chi connectivity index (χ1n) is 5.95. The highest BCUT2D eigenvalue weighted by Crippen LogP contribution is 2.24. The second-order valence-electron chi connectivity index (χ2n) is 4.30. The first-order valence-corrected chi connectivity index (χ1v) is 6.74. The van der Waals surface area contributed by atoms with Crippen molar-refractivity contribution in [2.45, 2.75) is 13.3 Å². The summed E-state index contributed by atoms with van der Waals surface area (Å²) in [5.74, 6) is -0.277. The highest BCUT2D eigenvalue weighted by Gasteiger charge is 2.33. The molecule has 1 unspecified atom stereocenters. The van der Waals surface area contributed by atoms with Crippen LogP contribution in [0.4, 0.5) is 5.69 Å². The van der Waals surface area contributed by atoms with Gasteiger partial charge in [-0.15, -0.1) is 0 Å². The second-order valence-corrected chi connectivity index (χ2v) is 5.16. The fraction of sp³-hybridized carbons (Fsp3) is 0.385. The van der Waals surface area contributed by atoms with Crippen LogP contribution >= 0.6 is 15.9 Å². The second kappa shape index (κ2) is 5.52. The minimum Gasteiger partial charge on any atom is -0.342 e. The van der Waals surface area contributed by atoms with Gasteiger partial charge in [0.05, 0.1) is 11.6 Å². The topological polar surface area (TPSA) is 49.4 Å². The van der Waals surface area contributed by atoms with Gasteiger partial charge in [-0.1, -0.05) is 12.1 Å². The first kappa shape index (κ1) is 13.1. The van der Waals surface area contributed by atoms with E-state index >= 15 is 0 Å².